The lowest BCUT2D eigenvalue weighted by atomic mass is 9.73. The fourth-order valence-electron chi connectivity index (χ4n) is 4.20. The number of pyridine rings is 1. The van der Waals surface area contributed by atoms with Gasteiger partial charge in [-0.05, 0) is 49.8 Å². The van der Waals surface area contributed by atoms with Crippen molar-refractivity contribution in [2.24, 2.45) is 5.41 Å². The summed E-state index contributed by atoms with van der Waals surface area (Å²) in [5.74, 6) is 0.726. The van der Waals surface area contributed by atoms with Gasteiger partial charge in [0.2, 0.25) is 0 Å². The van der Waals surface area contributed by atoms with Crippen LogP contribution in [0, 0.1) is 12.3 Å². The van der Waals surface area contributed by atoms with E-state index in [4.69, 9.17) is 4.42 Å². The summed E-state index contributed by atoms with van der Waals surface area (Å²) in [6.45, 7) is 8.29. The zero-order valence-electron chi connectivity index (χ0n) is 19.4. The van der Waals surface area contributed by atoms with Gasteiger partial charge in [-0.2, -0.15) is 0 Å². The number of hydrogen-bond acceptors (Lipinski definition) is 8. The van der Waals surface area contributed by atoms with Crippen LogP contribution in [0.5, 0.6) is 5.75 Å². The summed E-state index contributed by atoms with van der Waals surface area (Å²) >= 11 is 0. The first kappa shape index (κ1) is 22.6. The van der Waals surface area contributed by atoms with Gasteiger partial charge in [-0.15, -0.1) is 0 Å². The fraction of sp³-hybridized carbons (Fsp3) is 0.417. The van der Waals surface area contributed by atoms with Crippen LogP contribution in [0.4, 0.5) is 17.1 Å². The van der Waals surface area contributed by atoms with Crippen molar-refractivity contribution < 1.29 is 14.3 Å². The Bertz CT molecular complexity index is 1300. The van der Waals surface area contributed by atoms with Gasteiger partial charge in [0.1, 0.15) is 22.9 Å². The highest BCUT2D eigenvalue weighted by atomic mass is 16.3. The monoisotopic (exact) mass is 452 g/mol. The first-order valence-electron chi connectivity index (χ1n) is 10.9. The minimum Gasteiger partial charge on any atom is -0.504 e. The number of aromatic nitrogens is 1. The van der Waals surface area contributed by atoms with Gasteiger partial charge in [0.15, 0.2) is 11.4 Å². The van der Waals surface area contributed by atoms with Crippen LogP contribution < -0.4 is 21.5 Å². The Morgan fingerprint density at radius 2 is 2.00 bits per heavy atom. The quantitative estimate of drug-likeness (QED) is 0.487. The lowest BCUT2D eigenvalue weighted by Crippen LogP contribution is -2.41. The minimum atomic E-state index is -0.697. The number of aryl methyl sites for hydroxylation is 2. The molecule has 0 saturated carbocycles. The SMILES string of the molecule is CCN(C)C(=O)c1nccc(Nc2c(N[C@H]3c4oc(C)cc4CCC3(C)C)c(=O)c2=O)c1O. The number of aromatic hydroxyl groups is 1. The summed E-state index contributed by atoms with van der Waals surface area (Å²) in [4.78, 5) is 42.7. The van der Waals surface area contributed by atoms with Crippen molar-refractivity contribution >= 4 is 23.0 Å². The van der Waals surface area contributed by atoms with Crippen molar-refractivity contribution in [1.82, 2.24) is 9.88 Å². The van der Waals surface area contributed by atoms with E-state index >= 15 is 0 Å². The number of furan rings is 1. The normalized spacial score (nSPS) is 16.9. The van der Waals surface area contributed by atoms with E-state index in [-0.39, 0.29) is 40.0 Å². The predicted octanol–water partition coefficient (Wildman–Crippen LogP) is 3.25. The Kier molecular flexibility index (Phi) is 5.51. The lowest BCUT2D eigenvalue weighted by molar-refractivity contribution is 0.0793. The first-order chi connectivity index (χ1) is 15.5. The number of hydrogen-bond donors (Lipinski definition) is 3. The molecule has 3 aromatic rings. The Balaban J connectivity index is 1.67. The maximum Gasteiger partial charge on any atom is 0.276 e. The molecule has 9 heteroatoms. The summed E-state index contributed by atoms with van der Waals surface area (Å²) in [6.07, 6.45) is 3.12. The second-order valence-electron chi connectivity index (χ2n) is 9.22. The van der Waals surface area contributed by atoms with Crippen LogP contribution in [0.2, 0.25) is 0 Å². The largest absolute Gasteiger partial charge is 0.504 e. The molecule has 0 unspecified atom stereocenters. The second kappa shape index (κ2) is 8.06. The standard InChI is InChI=1S/C24H28N4O5/c1-6-28(5)23(32)17-18(29)14(8-10-25-17)26-15-16(20(31)19(15)30)27-22-21-13(11-12(2)33-21)7-9-24(22,3)4/h8,10-11,22,27,29H,6-7,9H2,1-5H3,(H,25,26)/t22-/m0/s1. The van der Waals surface area contributed by atoms with E-state index in [1.165, 1.54) is 17.2 Å². The van der Waals surface area contributed by atoms with Gasteiger partial charge < -0.3 is 25.1 Å². The molecular formula is C24H28N4O5. The summed E-state index contributed by atoms with van der Waals surface area (Å²) in [7, 11) is 1.60. The van der Waals surface area contributed by atoms with Gasteiger partial charge in [0.05, 0.1) is 11.7 Å². The molecule has 0 aliphatic heterocycles. The zero-order valence-corrected chi connectivity index (χ0v) is 19.4. The molecule has 0 radical (unpaired) electrons. The molecule has 1 atom stereocenters. The highest BCUT2D eigenvalue weighted by molar-refractivity contribution is 5.97. The van der Waals surface area contributed by atoms with Crippen molar-refractivity contribution in [1.29, 1.82) is 0 Å². The van der Waals surface area contributed by atoms with Gasteiger partial charge in [-0.3, -0.25) is 14.4 Å². The van der Waals surface area contributed by atoms with E-state index in [2.05, 4.69) is 29.5 Å². The van der Waals surface area contributed by atoms with E-state index < -0.39 is 16.8 Å². The van der Waals surface area contributed by atoms with Gasteiger partial charge >= 0.3 is 0 Å². The molecule has 0 bridgehead atoms. The van der Waals surface area contributed by atoms with E-state index in [0.29, 0.717) is 6.54 Å². The van der Waals surface area contributed by atoms with E-state index in [1.54, 1.807) is 14.0 Å². The molecule has 0 spiro atoms. The third kappa shape index (κ3) is 3.77. The summed E-state index contributed by atoms with van der Waals surface area (Å²) in [5.41, 5.74) is -0.322. The topological polar surface area (TPSA) is 125 Å². The predicted molar refractivity (Wildman–Crippen MR) is 125 cm³/mol. The molecule has 1 aliphatic carbocycles. The average Bonchev–Trinajstić information content (AvgIpc) is 3.17. The molecule has 0 saturated heterocycles. The van der Waals surface area contributed by atoms with Crippen LogP contribution in [-0.4, -0.2) is 34.5 Å². The molecule has 0 fully saturated rings. The molecule has 1 amide bonds. The van der Waals surface area contributed by atoms with Crippen molar-refractivity contribution in [2.75, 3.05) is 24.2 Å². The molecule has 2 aromatic heterocycles. The Morgan fingerprint density at radius 1 is 1.30 bits per heavy atom. The molecular weight excluding hydrogens is 424 g/mol. The number of carbonyl (C=O) groups is 1. The Morgan fingerprint density at radius 3 is 2.70 bits per heavy atom. The maximum atomic E-state index is 12.5. The zero-order chi connectivity index (χ0) is 24.1. The van der Waals surface area contributed by atoms with Crippen molar-refractivity contribution in [2.45, 2.75) is 46.6 Å². The van der Waals surface area contributed by atoms with Gasteiger partial charge in [-0.25, -0.2) is 4.98 Å². The second-order valence-corrected chi connectivity index (χ2v) is 9.22. The average molecular weight is 453 g/mol. The van der Waals surface area contributed by atoms with Gasteiger partial charge in [0.25, 0.3) is 16.8 Å². The Hall–Kier alpha value is -3.62. The highest BCUT2D eigenvalue weighted by Gasteiger charge is 2.40. The maximum absolute atomic E-state index is 12.5. The number of rotatable bonds is 6. The van der Waals surface area contributed by atoms with Crippen LogP contribution in [0.3, 0.4) is 0 Å². The van der Waals surface area contributed by atoms with E-state index in [0.717, 1.165) is 29.9 Å². The third-order valence-corrected chi connectivity index (χ3v) is 6.45. The number of anilines is 3. The Labute approximate surface area is 191 Å². The van der Waals surface area contributed by atoms with E-state index in [1.807, 2.05) is 13.0 Å². The van der Waals surface area contributed by atoms with Crippen LogP contribution in [-0.2, 0) is 6.42 Å². The third-order valence-electron chi connectivity index (χ3n) is 6.45. The van der Waals surface area contributed by atoms with Crippen LogP contribution in [0.25, 0.3) is 0 Å². The number of fused-ring (bicyclic) bond motifs is 1. The molecule has 174 valence electrons. The highest BCUT2D eigenvalue weighted by Crippen LogP contribution is 2.46. The summed E-state index contributed by atoms with van der Waals surface area (Å²) in [6, 6.07) is 3.14. The van der Waals surface area contributed by atoms with Crippen LogP contribution in [0.15, 0.2) is 32.3 Å². The summed E-state index contributed by atoms with van der Waals surface area (Å²) in [5, 5.41) is 16.7. The van der Waals surface area contributed by atoms with E-state index in [9.17, 15) is 19.5 Å². The molecule has 2 heterocycles. The van der Waals surface area contributed by atoms with Crippen LogP contribution in [0.1, 0.15) is 60.8 Å². The fourth-order valence-corrected chi connectivity index (χ4v) is 4.20. The van der Waals surface area contributed by atoms with Crippen molar-refractivity contribution in [3.05, 3.63) is 61.6 Å². The molecule has 1 aliphatic rings. The number of amides is 1. The smallest absolute Gasteiger partial charge is 0.276 e. The molecule has 1 aromatic carbocycles. The van der Waals surface area contributed by atoms with Crippen molar-refractivity contribution in [3.63, 3.8) is 0 Å². The lowest BCUT2D eigenvalue weighted by Gasteiger charge is -2.38. The minimum absolute atomic E-state index is 0.0370. The van der Waals surface area contributed by atoms with Gasteiger partial charge in [-0.1, -0.05) is 13.8 Å². The van der Waals surface area contributed by atoms with Gasteiger partial charge in [0, 0.05) is 19.8 Å². The number of nitrogens with zero attached hydrogens (tertiary/aromatic N) is 2. The molecule has 3 N–H and O–H groups in total. The first-order valence-corrected chi connectivity index (χ1v) is 10.9. The molecule has 4 rings (SSSR count). The number of nitrogens with one attached hydrogen (secondary N) is 2. The van der Waals surface area contributed by atoms with Crippen LogP contribution >= 0.6 is 0 Å². The summed E-state index contributed by atoms with van der Waals surface area (Å²) < 4.78 is 5.94. The molecule has 33 heavy (non-hydrogen) atoms. The number of carbonyl (C=O) groups excluding carboxylic acids is 1. The molecule has 9 nitrogen and oxygen atoms in total. The van der Waals surface area contributed by atoms with Crippen molar-refractivity contribution in [3.8, 4) is 5.75 Å².